The van der Waals surface area contributed by atoms with Gasteiger partial charge in [-0.2, -0.15) is 0 Å². The van der Waals surface area contributed by atoms with E-state index in [1.165, 1.54) is 11.2 Å². The summed E-state index contributed by atoms with van der Waals surface area (Å²) in [6.07, 6.45) is 0.591. The van der Waals surface area contributed by atoms with Gasteiger partial charge < -0.3 is 14.3 Å². The van der Waals surface area contributed by atoms with Gasteiger partial charge in [0.15, 0.2) is 0 Å². The first-order valence-electron chi connectivity index (χ1n) is 9.45. The summed E-state index contributed by atoms with van der Waals surface area (Å²) >= 11 is 0. The molecule has 29 heavy (non-hydrogen) atoms. The van der Waals surface area contributed by atoms with Crippen LogP contribution in [0.4, 0.5) is 10.7 Å². The maximum Gasteiger partial charge on any atom is 0.416 e. The number of hydrogen-bond donors (Lipinski definition) is 1. The smallest absolute Gasteiger partial charge is 0.416 e. The van der Waals surface area contributed by atoms with Crippen molar-refractivity contribution in [3.63, 3.8) is 0 Å². The molecule has 6 heteroatoms. The predicted molar refractivity (Wildman–Crippen MR) is 108 cm³/mol. The number of aliphatic carboxylic acids is 1. The van der Waals surface area contributed by atoms with Crippen molar-refractivity contribution in [3.8, 4) is 11.1 Å². The van der Waals surface area contributed by atoms with E-state index in [2.05, 4.69) is 12.1 Å². The van der Waals surface area contributed by atoms with Gasteiger partial charge in [0.1, 0.15) is 6.61 Å². The van der Waals surface area contributed by atoms with Gasteiger partial charge in [0, 0.05) is 12.0 Å². The maximum absolute atomic E-state index is 12.9. The molecule has 3 aromatic rings. The van der Waals surface area contributed by atoms with Crippen LogP contribution in [-0.2, 0) is 9.53 Å². The number of benzene rings is 2. The Morgan fingerprint density at radius 1 is 1.03 bits per heavy atom. The van der Waals surface area contributed by atoms with Crippen LogP contribution in [0.1, 0.15) is 30.4 Å². The molecule has 148 valence electrons. The summed E-state index contributed by atoms with van der Waals surface area (Å²) in [5.41, 5.74) is 4.52. The summed E-state index contributed by atoms with van der Waals surface area (Å²) in [6, 6.07) is 18.8. The first-order valence-corrected chi connectivity index (χ1v) is 9.45. The molecule has 0 spiro atoms. The van der Waals surface area contributed by atoms with Crippen molar-refractivity contribution in [1.82, 2.24) is 0 Å². The van der Waals surface area contributed by atoms with E-state index in [1.807, 2.05) is 36.4 Å². The molecular weight excluding hydrogens is 370 g/mol. The average molecular weight is 391 g/mol. The highest BCUT2D eigenvalue weighted by Crippen LogP contribution is 2.44. The zero-order valence-corrected chi connectivity index (χ0v) is 15.9. The van der Waals surface area contributed by atoms with Gasteiger partial charge in [0.2, 0.25) is 5.88 Å². The molecule has 1 atom stereocenters. The van der Waals surface area contributed by atoms with Gasteiger partial charge in [0.05, 0.1) is 18.7 Å². The van der Waals surface area contributed by atoms with E-state index >= 15 is 0 Å². The van der Waals surface area contributed by atoms with Crippen molar-refractivity contribution < 1.29 is 23.8 Å². The molecule has 1 amide bonds. The second-order valence-electron chi connectivity index (χ2n) is 7.07. The lowest BCUT2D eigenvalue weighted by molar-refractivity contribution is -0.137. The molecule has 1 aliphatic rings. The molecule has 1 aromatic heterocycles. The number of fused-ring (bicyclic) bond motifs is 3. The Morgan fingerprint density at radius 2 is 1.66 bits per heavy atom. The number of hydrogen-bond acceptors (Lipinski definition) is 4. The van der Waals surface area contributed by atoms with Crippen LogP contribution in [0.2, 0.25) is 0 Å². The van der Waals surface area contributed by atoms with Crippen LogP contribution in [0.15, 0.2) is 71.3 Å². The van der Waals surface area contributed by atoms with Gasteiger partial charge in [-0.1, -0.05) is 48.5 Å². The van der Waals surface area contributed by atoms with Crippen molar-refractivity contribution in [2.75, 3.05) is 11.5 Å². The van der Waals surface area contributed by atoms with E-state index in [1.54, 1.807) is 19.1 Å². The van der Waals surface area contributed by atoms with Crippen molar-refractivity contribution in [3.05, 3.63) is 78.1 Å². The van der Waals surface area contributed by atoms with Crippen LogP contribution in [0, 0.1) is 0 Å². The van der Waals surface area contributed by atoms with E-state index in [0.29, 0.717) is 0 Å². The van der Waals surface area contributed by atoms with Crippen LogP contribution < -0.4 is 4.90 Å². The van der Waals surface area contributed by atoms with Gasteiger partial charge in [-0.25, -0.2) is 9.69 Å². The molecule has 0 unspecified atom stereocenters. The Balaban J connectivity index is 1.56. The van der Waals surface area contributed by atoms with Crippen LogP contribution in [0.3, 0.4) is 0 Å². The number of carboxylic acids is 1. The fraction of sp³-hybridized carbons (Fsp3) is 0.217. The fourth-order valence-corrected chi connectivity index (χ4v) is 3.90. The van der Waals surface area contributed by atoms with Gasteiger partial charge >= 0.3 is 12.1 Å². The van der Waals surface area contributed by atoms with Gasteiger partial charge in [-0.05, 0) is 35.2 Å². The van der Waals surface area contributed by atoms with Crippen molar-refractivity contribution in [2.45, 2.75) is 25.3 Å². The van der Waals surface area contributed by atoms with E-state index in [9.17, 15) is 9.59 Å². The fourth-order valence-electron chi connectivity index (χ4n) is 3.90. The lowest BCUT2D eigenvalue weighted by Crippen LogP contribution is -2.40. The molecule has 0 radical (unpaired) electrons. The van der Waals surface area contributed by atoms with Crippen molar-refractivity contribution in [2.24, 2.45) is 0 Å². The predicted octanol–water partition coefficient (Wildman–Crippen LogP) is 4.90. The minimum Gasteiger partial charge on any atom is -0.481 e. The molecule has 1 aliphatic carbocycles. The standard InChI is InChI=1S/C23H21NO5/c1-15(13-22(25)26)24(21-11-6-12-28-21)23(27)29-14-20-18-9-4-2-7-16(18)17-8-3-5-10-19(17)20/h2-12,15,20H,13-14H2,1H3,(H,25,26)/t15-/m0/s1. The van der Waals surface area contributed by atoms with Crippen LogP contribution >= 0.6 is 0 Å². The summed E-state index contributed by atoms with van der Waals surface area (Å²) in [4.78, 5) is 25.3. The summed E-state index contributed by atoms with van der Waals surface area (Å²) < 4.78 is 11.0. The van der Waals surface area contributed by atoms with E-state index in [0.717, 1.165) is 22.3 Å². The Morgan fingerprint density at radius 3 is 2.21 bits per heavy atom. The average Bonchev–Trinajstić information content (AvgIpc) is 3.33. The number of rotatable bonds is 6. The molecular formula is C23H21NO5. The van der Waals surface area contributed by atoms with Gasteiger partial charge in [0.25, 0.3) is 0 Å². The van der Waals surface area contributed by atoms with E-state index in [-0.39, 0.29) is 24.8 Å². The molecule has 2 aromatic carbocycles. The second kappa shape index (κ2) is 7.83. The largest absolute Gasteiger partial charge is 0.481 e. The maximum atomic E-state index is 12.9. The first-order chi connectivity index (χ1) is 14.1. The van der Waals surface area contributed by atoms with E-state index < -0.39 is 18.1 Å². The van der Waals surface area contributed by atoms with Gasteiger partial charge in [-0.15, -0.1) is 0 Å². The number of carboxylic acid groups (broad SMARTS) is 1. The summed E-state index contributed by atoms with van der Waals surface area (Å²) in [6.45, 7) is 1.81. The lowest BCUT2D eigenvalue weighted by atomic mass is 9.98. The highest BCUT2D eigenvalue weighted by Gasteiger charge is 2.32. The zero-order valence-electron chi connectivity index (χ0n) is 15.9. The second-order valence-corrected chi connectivity index (χ2v) is 7.07. The third-order valence-electron chi connectivity index (χ3n) is 5.19. The molecule has 0 saturated heterocycles. The number of furan rings is 1. The molecule has 4 rings (SSSR count). The Labute approximate surface area is 168 Å². The number of carbonyl (C=O) groups excluding carboxylic acids is 1. The number of nitrogens with zero attached hydrogens (tertiary/aromatic N) is 1. The highest BCUT2D eigenvalue weighted by atomic mass is 16.6. The lowest BCUT2D eigenvalue weighted by Gasteiger charge is -2.26. The van der Waals surface area contributed by atoms with Crippen LogP contribution in [-0.4, -0.2) is 29.8 Å². The van der Waals surface area contributed by atoms with Crippen LogP contribution in [0.25, 0.3) is 11.1 Å². The molecule has 6 nitrogen and oxygen atoms in total. The SMILES string of the molecule is C[C@@H](CC(=O)O)N(C(=O)OCC1c2ccccc2-c2ccccc21)c1ccco1. The molecule has 0 bridgehead atoms. The topological polar surface area (TPSA) is 80.0 Å². The van der Waals surface area contributed by atoms with Crippen molar-refractivity contribution in [1.29, 1.82) is 0 Å². The first kappa shape index (κ1) is 18.8. The Kier molecular flexibility index (Phi) is 5.08. The quantitative estimate of drug-likeness (QED) is 0.647. The summed E-state index contributed by atoms with van der Waals surface area (Å²) in [5.74, 6) is -0.809. The normalized spacial score (nSPS) is 13.4. The minimum atomic E-state index is -1.000. The Bertz CT molecular complexity index is 982. The summed E-state index contributed by atoms with van der Waals surface area (Å²) in [7, 11) is 0. The number of anilines is 1. The van der Waals surface area contributed by atoms with E-state index in [4.69, 9.17) is 14.3 Å². The molecule has 0 saturated carbocycles. The van der Waals surface area contributed by atoms with Gasteiger partial charge in [-0.3, -0.25) is 4.79 Å². The number of amides is 1. The number of ether oxygens (including phenoxy) is 1. The van der Waals surface area contributed by atoms with Crippen molar-refractivity contribution >= 4 is 17.9 Å². The molecule has 1 heterocycles. The third kappa shape index (κ3) is 3.61. The van der Waals surface area contributed by atoms with Crippen LogP contribution in [0.5, 0.6) is 0 Å². The Hall–Kier alpha value is -3.54. The zero-order chi connectivity index (χ0) is 20.4. The molecule has 1 N–H and O–H groups in total. The monoisotopic (exact) mass is 391 g/mol. The summed E-state index contributed by atoms with van der Waals surface area (Å²) in [5, 5.41) is 9.12. The number of carbonyl (C=O) groups is 2. The molecule has 0 fully saturated rings. The molecule has 0 aliphatic heterocycles. The third-order valence-corrected chi connectivity index (χ3v) is 5.19. The highest BCUT2D eigenvalue weighted by molar-refractivity contribution is 5.88. The minimum absolute atomic E-state index is 0.0698.